The number of carbonyl (C=O) groups is 1. The molecule has 32 heavy (non-hydrogen) atoms. The van der Waals surface area contributed by atoms with E-state index in [4.69, 9.17) is 0 Å². The molecular formula is C24H25N5O3. The highest BCUT2D eigenvalue weighted by Crippen LogP contribution is 2.24. The van der Waals surface area contributed by atoms with Gasteiger partial charge in [-0.05, 0) is 31.4 Å². The molecule has 4 aromatic rings. The van der Waals surface area contributed by atoms with E-state index >= 15 is 0 Å². The maximum Gasteiger partial charge on any atom is 0.270 e. The van der Waals surface area contributed by atoms with E-state index in [1.165, 1.54) is 12.1 Å². The molecule has 0 spiro atoms. The zero-order valence-corrected chi connectivity index (χ0v) is 17.9. The summed E-state index contributed by atoms with van der Waals surface area (Å²) in [5, 5.41) is 19.1. The number of nitrogens with one attached hydrogen (secondary N) is 2. The minimum atomic E-state index is -0.451. The number of H-pyrrole nitrogens is 2. The topological polar surface area (TPSA) is 108 Å². The minimum absolute atomic E-state index is 0.0250. The maximum absolute atomic E-state index is 12.8. The first kappa shape index (κ1) is 21.3. The Morgan fingerprint density at radius 3 is 2.69 bits per heavy atom. The molecule has 0 bridgehead atoms. The first-order valence-electron chi connectivity index (χ1n) is 10.6. The van der Waals surface area contributed by atoms with E-state index in [2.05, 4.69) is 21.2 Å². The molecule has 4 rings (SSSR count). The number of rotatable bonds is 9. The summed E-state index contributed by atoms with van der Waals surface area (Å²) in [5.74, 6) is -0.141. The van der Waals surface area contributed by atoms with Gasteiger partial charge in [-0.2, -0.15) is 5.10 Å². The lowest BCUT2D eigenvalue weighted by Crippen LogP contribution is -2.27. The van der Waals surface area contributed by atoms with Gasteiger partial charge < -0.3 is 9.88 Å². The molecule has 0 aliphatic carbocycles. The highest BCUT2D eigenvalue weighted by atomic mass is 16.6. The Kier molecular flexibility index (Phi) is 6.30. The Labute approximate surface area is 185 Å². The van der Waals surface area contributed by atoms with Gasteiger partial charge in [-0.15, -0.1) is 0 Å². The number of nitrogens with zero attached hydrogens (tertiary/aromatic N) is 3. The number of carbonyl (C=O) groups excluding carboxylic acids is 1. The van der Waals surface area contributed by atoms with Gasteiger partial charge in [-0.3, -0.25) is 20.0 Å². The molecule has 0 atom stereocenters. The fourth-order valence-electron chi connectivity index (χ4n) is 3.79. The lowest BCUT2D eigenvalue weighted by atomic mass is 10.1. The molecule has 1 amide bonds. The van der Waals surface area contributed by atoms with Gasteiger partial charge in [0.1, 0.15) is 0 Å². The second-order valence-electron chi connectivity index (χ2n) is 7.87. The van der Waals surface area contributed by atoms with Crippen molar-refractivity contribution in [1.29, 1.82) is 0 Å². The smallest absolute Gasteiger partial charge is 0.270 e. The summed E-state index contributed by atoms with van der Waals surface area (Å²) in [6.45, 7) is 0.624. The number of nitro groups is 1. The number of fused-ring (bicyclic) bond motifs is 1. The zero-order valence-electron chi connectivity index (χ0n) is 17.9. The van der Waals surface area contributed by atoms with E-state index in [-0.39, 0.29) is 11.6 Å². The van der Waals surface area contributed by atoms with Crippen molar-refractivity contribution in [2.45, 2.75) is 25.7 Å². The predicted molar refractivity (Wildman–Crippen MR) is 123 cm³/mol. The molecular weight excluding hydrogens is 406 g/mol. The second-order valence-corrected chi connectivity index (χ2v) is 7.87. The van der Waals surface area contributed by atoms with Gasteiger partial charge in [0, 0.05) is 54.1 Å². The van der Waals surface area contributed by atoms with Crippen LogP contribution in [-0.2, 0) is 6.42 Å². The number of hydrogen-bond donors (Lipinski definition) is 2. The van der Waals surface area contributed by atoms with Crippen LogP contribution in [0.2, 0.25) is 0 Å². The molecule has 2 aromatic carbocycles. The molecule has 164 valence electrons. The van der Waals surface area contributed by atoms with Crippen LogP contribution in [0.15, 0.2) is 60.8 Å². The summed E-state index contributed by atoms with van der Waals surface area (Å²) in [4.78, 5) is 28.1. The number of aromatic amines is 2. The molecule has 2 N–H and O–H groups in total. The fraction of sp³-hybridized carbons (Fsp3) is 0.250. The lowest BCUT2D eigenvalue weighted by Gasteiger charge is -2.16. The summed E-state index contributed by atoms with van der Waals surface area (Å²) in [7, 11) is 1.76. The molecule has 0 radical (unpaired) electrons. The lowest BCUT2D eigenvalue weighted by molar-refractivity contribution is -0.384. The van der Waals surface area contributed by atoms with E-state index in [0.29, 0.717) is 23.0 Å². The van der Waals surface area contributed by atoms with Crippen molar-refractivity contribution in [2.75, 3.05) is 13.6 Å². The van der Waals surface area contributed by atoms with E-state index in [9.17, 15) is 14.9 Å². The van der Waals surface area contributed by atoms with Crippen LogP contribution in [0.1, 0.15) is 35.3 Å². The summed E-state index contributed by atoms with van der Waals surface area (Å²) in [5.41, 5.74) is 4.29. The molecule has 0 fully saturated rings. The number of non-ortho nitro benzene ring substituents is 1. The van der Waals surface area contributed by atoms with Crippen LogP contribution in [0.5, 0.6) is 0 Å². The SMILES string of the molecule is CN(CCCCCc1cc(-c2ccccc2)n[nH]1)C(=O)c1c[nH]c2ccc([N+](=O)[O-])cc12. The van der Waals surface area contributed by atoms with Crippen LogP contribution in [0.25, 0.3) is 22.2 Å². The number of amides is 1. The Morgan fingerprint density at radius 1 is 1.09 bits per heavy atom. The van der Waals surface area contributed by atoms with Crippen molar-refractivity contribution >= 4 is 22.5 Å². The summed E-state index contributed by atoms with van der Waals surface area (Å²) in [6, 6.07) is 16.7. The van der Waals surface area contributed by atoms with E-state index in [1.54, 1.807) is 24.2 Å². The highest BCUT2D eigenvalue weighted by molar-refractivity contribution is 6.07. The van der Waals surface area contributed by atoms with E-state index in [1.807, 2.05) is 30.3 Å². The van der Waals surface area contributed by atoms with Crippen LogP contribution < -0.4 is 0 Å². The van der Waals surface area contributed by atoms with Crippen molar-refractivity contribution in [2.24, 2.45) is 0 Å². The molecule has 2 aromatic heterocycles. The standard InChI is InChI=1S/C24H25N5O3/c1-28(24(30)21-16-25-22-12-11-19(29(31)32)15-20(21)22)13-7-3-6-10-18-14-23(27-26-18)17-8-4-2-5-9-17/h2,4-5,8-9,11-12,14-16,25H,3,6-7,10,13H2,1H3,(H,26,27). The minimum Gasteiger partial charge on any atom is -0.360 e. The molecule has 0 aliphatic heterocycles. The molecule has 0 saturated carbocycles. The van der Waals surface area contributed by atoms with Crippen molar-refractivity contribution in [3.63, 3.8) is 0 Å². The number of aromatic nitrogens is 3. The normalized spacial score (nSPS) is 11.0. The monoisotopic (exact) mass is 431 g/mol. The number of nitro benzene ring substituents is 1. The Balaban J connectivity index is 1.26. The second kappa shape index (κ2) is 9.47. The summed E-state index contributed by atoms with van der Waals surface area (Å²) < 4.78 is 0. The van der Waals surface area contributed by atoms with Gasteiger partial charge >= 0.3 is 0 Å². The highest BCUT2D eigenvalue weighted by Gasteiger charge is 2.18. The zero-order chi connectivity index (χ0) is 22.5. The number of hydrogen-bond acceptors (Lipinski definition) is 4. The van der Waals surface area contributed by atoms with Crippen LogP contribution in [-0.4, -0.2) is 44.5 Å². The van der Waals surface area contributed by atoms with Gasteiger partial charge in [0.05, 0.1) is 16.2 Å². The third kappa shape index (κ3) is 4.69. The molecule has 0 aliphatic rings. The van der Waals surface area contributed by atoms with Crippen LogP contribution in [0, 0.1) is 10.1 Å². The number of aryl methyl sites for hydroxylation is 1. The molecule has 0 unspecified atom stereocenters. The molecule has 0 saturated heterocycles. The average Bonchev–Trinajstić information content (AvgIpc) is 3.45. The quantitative estimate of drug-likeness (QED) is 0.222. The van der Waals surface area contributed by atoms with E-state index in [0.717, 1.165) is 42.6 Å². The summed E-state index contributed by atoms with van der Waals surface area (Å²) in [6.07, 6.45) is 5.39. The first-order valence-corrected chi connectivity index (χ1v) is 10.6. The first-order chi connectivity index (χ1) is 15.5. The van der Waals surface area contributed by atoms with Crippen LogP contribution in [0.3, 0.4) is 0 Å². The molecule has 8 nitrogen and oxygen atoms in total. The van der Waals surface area contributed by atoms with Gasteiger partial charge in [0.15, 0.2) is 0 Å². The number of unbranched alkanes of at least 4 members (excludes halogenated alkanes) is 2. The van der Waals surface area contributed by atoms with Crippen molar-refractivity contribution in [3.8, 4) is 11.3 Å². The van der Waals surface area contributed by atoms with E-state index < -0.39 is 4.92 Å². The number of benzene rings is 2. The fourth-order valence-corrected chi connectivity index (χ4v) is 3.79. The third-order valence-corrected chi connectivity index (χ3v) is 5.59. The Morgan fingerprint density at radius 2 is 1.91 bits per heavy atom. The average molecular weight is 431 g/mol. The molecule has 2 heterocycles. The van der Waals surface area contributed by atoms with Gasteiger partial charge in [-0.1, -0.05) is 36.8 Å². The van der Waals surface area contributed by atoms with Crippen LogP contribution in [0.4, 0.5) is 5.69 Å². The Hall–Kier alpha value is -3.94. The van der Waals surface area contributed by atoms with Gasteiger partial charge in [0.2, 0.25) is 0 Å². The van der Waals surface area contributed by atoms with Gasteiger partial charge in [-0.25, -0.2) is 0 Å². The van der Waals surface area contributed by atoms with Gasteiger partial charge in [0.25, 0.3) is 11.6 Å². The van der Waals surface area contributed by atoms with Crippen LogP contribution >= 0.6 is 0 Å². The van der Waals surface area contributed by atoms with Crippen molar-refractivity contribution in [3.05, 3.63) is 82.2 Å². The Bertz CT molecular complexity index is 1230. The van der Waals surface area contributed by atoms with Crippen molar-refractivity contribution < 1.29 is 9.72 Å². The summed E-state index contributed by atoms with van der Waals surface area (Å²) >= 11 is 0. The largest absolute Gasteiger partial charge is 0.360 e. The predicted octanol–water partition coefficient (Wildman–Crippen LogP) is 4.95. The maximum atomic E-state index is 12.8. The molecule has 8 heteroatoms. The van der Waals surface area contributed by atoms with Crippen molar-refractivity contribution in [1.82, 2.24) is 20.1 Å². The third-order valence-electron chi connectivity index (χ3n) is 5.59.